The van der Waals surface area contributed by atoms with Crippen LogP contribution >= 0.6 is 27.5 Å². The molecule has 0 saturated carbocycles. The van der Waals surface area contributed by atoms with Crippen molar-refractivity contribution in [3.63, 3.8) is 0 Å². The van der Waals surface area contributed by atoms with Crippen molar-refractivity contribution in [3.05, 3.63) is 80.9 Å². The fraction of sp³-hybridized carbons (Fsp3) is 0.240. The lowest BCUT2D eigenvalue weighted by atomic mass is 9.93. The number of hydrogen-bond acceptors (Lipinski definition) is 3. The van der Waals surface area contributed by atoms with Gasteiger partial charge >= 0.3 is 6.09 Å². The molecule has 1 aromatic heterocycles. The van der Waals surface area contributed by atoms with Crippen LogP contribution in [-0.2, 0) is 6.42 Å². The summed E-state index contributed by atoms with van der Waals surface area (Å²) in [4.78, 5) is 19.0. The van der Waals surface area contributed by atoms with Gasteiger partial charge in [-0.3, -0.25) is 4.90 Å². The minimum Gasteiger partial charge on any atom is -0.497 e. The lowest BCUT2D eigenvalue weighted by molar-refractivity contribution is 0.135. The summed E-state index contributed by atoms with van der Waals surface area (Å²) >= 11 is 9.68. The number of H-pyrrole nitrogens is 1. The molecule has 1 aliphatic carbocycles. The summed E-state index contributed by atoms with van der Waals surface area (Å²) in [5.41, 5.74) is 3.29. The van der Waals surface area contributed by atoms with E-state index in [-0.39, 0.29) is 6.04 Å². The number of amides is 1. The lowest BCUT2D eigenvalue weighted by Crippen LogP contribution is -2.43. The van der Waals surface area contributed by atoms with Crippen molar-refractivity contribution in [1.82, 2.24) is 9.88 Å². The van der Waals surface area contributed by atoms with Crippen LogP contribution in [0.25, 0.3) is 12.2 Å². The fourth-order valence-corrected chi connectivity index (χ4v) is 5.01. The number of halogens is 2. The van der Waals surface area contributed by atoms with Crippen LogP contribution in [0.3, 0.4) is 0 Å². The highest BCUT2D eigenvalue weighted by atomic mass is 79.9. The van der Waals surface area contributed by atoms with E-state index in [4.69, 9.17) is 21.1 Å². The molecule has 0 radical (unpaired) electrons. The number of alkyl halides is 1. The van der Waals surface area contributed by atoms with Crippen LogP contribution < -0.4 is 20.0 Å². The van der Waals surface area contributed by atoms with Gasteiger partial charge in [0.1, 0.15) is 17.5 Å². The van der Waals surface area contributed by atoms with Crippen molar-refractivity contribution in [2.75, 3.05) is 13.7 Å². The Kier molecular flexibility index (Phi) is 5.74. The van der Waals surface area contributed by atoms with Crippen LogP contribution in [0.1, 0.15) is 29.3 Å². The van der Waals surface area contributed by atoms with E-state index in [0.29, 0.717) is 22.1 Å². The van der Waals surface area contributed by atoms with Crippen molar-refractivity contribution < 1.29 is 14.3 Å². The van der Waals surface area contributed by atoms with Gasteiger partial charge in [0.15, 0.2) is 0 Å². The van der Waals surface area contributed by atoms with E-state index in [0.717, 1.165) is 35.2 Å². The third kappa shape index (κ3) is 3.93. The van der Waals surface area contributed by atoms with Gasteiger partial charge in [-0.1, -0.05) is 51.8 Å². The molecule has 7 heteroatoms. The molecule has 2 unspecified atom stereocenters. The molecule has 5 nitrogen and oxygen atoms in total. The first-order valence-electron chi connectivity index (χ1n) is 10.5. The molecule has 32 heavy (non-hydrogen) atoms. The number of aromatic nitrogens is 1. The normalized spacial score (nSPS) is 19.3. The van der Waals surface area contributed by atoms with Crippen molar-refractivity contribution in [1.29, 1.82) is 0 Å². The molecule has 2 atom stereocenters. The predicted octanol–water partition coefficient (Wildman–Crippen LogP) is 4.55. The Morgan fingerprint density at radius 2 is 1.84 bits per heavy atom. The molecule has 5 rings (SSSR count). The van der Waals surface area contributed by atoms with Crippen LogP contribution in [-0.4, -0.2) is 34.5 Å². The topological polar surface area (TPSA) is 54.6 Å². The molecule has 0 fully saturated rings. The van der Waals surface area contributed by atoms with Crippen molar-refractivity contribution >= 4 is 45.8 Å². The van der Waals surface area contributed by atoms with Crippen molar-refractivity contribution in [2.24, 2.45) is 0 Å². The first kappa shape index (κ1) is 21.2. The molecule has 164 valence electrons. The molecule has 0 saturated heterocycles. The predicted molar refractivity (Wildman–Crippen MR) is 129 cm³/mol. The monoisotopic (exact) mass is 512 g/mol. The van der Waals surface area contributed by atoms with Gasteiger partial charge in [0.2, 0.25) is 0 Å². The summed E-state index contributed by atoms with van der Waals surface area (Å²) in [6, 6.07) is 14.4. The number of methoxy groups -OCH3 is 1. The molecular weight excluding hydrogens is 492 g/mol. The number of aromatic amines is 1. The maximum absolute atomic E-state index is 13.3. The van der Waals surface area contributed by atoms with Gasteiger partial charge < -0.3 is 14.5 Å². The van der Waals surface area contributed by atoms with Crippen molar-refractivity contribution in [2.45, 2.75) is 23.7 Å². The summed E-state index contributed by atoms with van der Waals surface area (Å²) in [5.74, 6) is 1.24. The number of benzene rings is 2. The summed E-state index contributed by atoms with van der Waals surface area (Å²) < 4.78 is 11.0. The summed E-state index contributed by atoms with van der Waals surface area (Å²) in [5, 5.41) is 2.95. The summed E-state index contributed by atoms with van der Waals surface area (Å²) in [6.07, 6.45) is 5.78. The Hall–Kier alpha value is -2.70. The van der Waals surface area contributed by atoms with Gasteiger partial charge in [0.25, 0.3) is 0 Å². The van der Waals surface area contributed by atoms with Crippen LogP contribution in [0.5, 0.6) is 11.5 Å². The number of ether oxygens (including phenoxy) is 2. The van der Waals surface area contributed by atoms with Gasteiger partial charge in [0.05, 0.1) is 7.11 Å². The Morgan fingerprint density at radius 3 is 2.56 bits per heavy atom. The second-order valence-electron chi connectivity index (χ2n) is 7.91. The first-order valence-corrected chi connectivity index (χ1v) is 11.8. The van der Waals surface area contributed by atoms with Gasteiger partial charge in [-0.05, 0) is 65.6 Å². The number of nitrogens with one attached hydrogen (secondary N) is 1. The smallest absolute Gasteiger partial charge is 0.416 e. The number of fused-ring (bicyclic) bond motifs is 3. The molecule has 2 aromatic carbocycles. The standard InChI is InChI=1S/C25H22BrClN2O3/c1-31-18-7-2-15(3-8-18)24-23-20(21-14-16(26)4-11-22(21)28-23)12-13-29(24)25(30)32-19-9-5-17(27)6-10-19/h2-3,5-11,14,16,24,28H,4,12-13H2,1H3. The molecular formula is C25H22BrClN2O3. The Morgan fingerprint density at radius 1 is 1.12 bits per heavy atom. The third-order valence-electron chi connectivity index (χ3n) is 5.98. The van der Waals surface area contributed by atoms with E-state index in [9.17, 15) is 4.79 Å². The van der Waals surface area contributed by atoms with Crippen LogP contribution in [0.2, 0.25) is 5.02 Å². The summed E-state index contributed by atoms with van der Waals surface area (Å²) in [7, 11) is 1.64. The van der Waals surface area contributed by atoms with Crippen LogP contribution in [0.15, 0.2) is 48.5 Å². The van der Waals surface area contributed by atoms with Gasteiger partial charge in [-0.2, -0.15) is 0 Å². The second-order valence-corrected chi connectivity index (χ2v) is 9.52. The maximum Gasteiger partial charge on any atom is 0.416 e. The fourth-order valence-electron chi connectivity index (χ4n) is 4.44. The number of carbonyl (C=O) groups is 1. The van der Waals surface area contributed by atoms with E-state index in [2.05, 4.69) is 33.1 Å². The first-order chi connectivity index (χ1) is 15.5. The molecule has 1 N–H and O–H groups in total. The molecule has 0 spiro atoms. The molecule has 2 aliphatic rings. The molecule has 3 aromatic rings. The Balaban J connectivity index is 1.57. The van der Waals surface area contributed by atoms with Crippen LogP contribution in [0.4, 0.5) is 4.79 Å². The van der Waals surface area contributed by atoms with Gasteiger partial charge in [-0.15, -0.1) is 0 Å². The second kappa shape index (κ2) is 8.68. The average Bonchev–Trinajstić information content (AvgIpc) is 3.18. The SMILES string of the molecule is COc1ccc(C2c3[nH]c4c(c3CCN2C(=O)Oc2ccc(Cl)cc2)=CC(Br)CC=4)cc1. The number of carbonyl (C=O) groups excluding carboxylic acids is 1. The minimum absolute atomic E-state index is 0.286. The lowest BCUT2D eigenvalue weighted by Gasteiger charge is -2.35. The van der Waals surface area contributed by atoms with Gasteiger partial charge in [0, 0.05) is 27.4 Å². The number of rotatable bonds is 3. The zero-order chi connectivity index (χ0) is 22.2. The Bertz CT molecular complexity index is 1270. The van der Waals surface area contributed by atoms with E-state index >= 15 is 0 Å². The molecule has 1 amide bonds. The minimum atomic E-state index is -0.391. The number of hydrogen-bond donors (Lipinski definition) is 1. The highest BCUT2D eigenvalue weighted by molar-refractivity contribution is 9.09. The zero-order valence-electron chi connectivity index (χ0n) is 17.5. The quantitative estimate of drug-likeness (QED) is 0.523. The highest BCUT2D eigenvalue weighted by Crippen LogP contribution is 2.34. The summed E-state index contributed by atoms with van der Waals surface area (Å²) in [6.45, 7) is 0.557. The zero-order valence-corrected chi connectivity index (χ0v) is 19.8. The van der Waals surface area contributed by atoms with E-state index in [1.807, 2.05) is 24.3 Å². The molecule has 1 aliphatic heterocycles. The Labute approximate surface area is 199 Å². The molecule has 0 bridgehead atoms. The van der Waals surface area contributed by atoms with E-state index in [1.54, 1.807) is 36.3 Å². The largest absolute Gasteiger partial charge is 0.497 e. The van der Waals surface area contributed by atoms with E-state index in [1.165, 1.54) is 10.8 Å². The van der Waals surface area contributed by atoms with Crippen LogP contribution in [0, 0.1) is 0 Å². The van der Waals surface area contributed by atoms with E-state index < -0.39 is 6.09 Å². The number of nitrogens with zero attached hydrogens (tertiary/aromatic N) is 1. The highest BCUT2D eigenvalue weighted by Gasteiger charge is 2.35. The molecule has 2 heterocycles. The third-order valence-corrected chi connectivity index (χ3v) is 6.87. The van der Waals surface area contributed by atoms with Gasteiger partial charge in [-0.25, -0.2) is 4.79 Å². The van der Waals surface area contributed by atoms with Crippen molar-refractivity contribution in [3.8, 4) is 11.5 Å². The maximum atomic E-state index is 13.3. The average molecular weight is 514 g/mol.